The van der Waals surface area contributed by atoms with Crippen molar-refractivity contribution in [1.82, 2.24) is 4.98 Å². The van der Waals surface area contributed by atoms with Crippen LogP contribution in [0.1, 0.15) is 34.5 Å². The van der Waals surface area contributed by atoms with Gasteiger partial charge >= 0.3 is 0 Å². The first-order valence-corrected chi connectivity index (χ1v) is 5.28. The molecular weight excluding hydrogens is 244 g/mol. The number of aryl methyl sites for hydroxylation is 1. The predicted molar refractivity (Wildman–Crippen MR) is 57.3 cm³/mol. The third-order valence-corrected chi connectivity index (χ3v) is 3.76. The van der Waals surface area contributed by atoms with E-state index in [1.807, 2.05) is 13.0 Å². The molecule has 1 aromatic rings. The van der Waals surface area contributed by atoms with Crippen LogP contribution in [0.3, 0.4) is 0 Å². The normalized spacial score (nSPS) is 17.9. The third kappa shape index (κ3) is 1.54. The lowest BCUT2D eigenvalue weighted by atomic mass is 10.1. The van der Waals surface area contributed by atoms with Gasteiger partial charge in [0.05, 0.1) is 9.89 Å². The summed E-state index contributed by atoms with van der Waals surface area (Å²) in [6.45, 7) is 1.95. The molecule has 0 aromatic carbocycles. The van der Waals surface area contributed by atoms with Gasteiger partial charge in [0.25, 0.3) is 0 Å². The second kappa shape index (κ2) is 3.05. The zero-order chi connectivity index (χ0) is 10.3. The summed E-state index contributed by atoms with van der Waals surface area (Å²) < 4.78 is 0.0511. The number of carbonyl (C=O) groups excluding carboxylic acids is 1. The SMILES string of the molecule is Cc1ncc(C(N)=O)cc1C1(Br)CC1. The first kappa shape index (κ1) is 9.65. The molecule has 1 saturated carbocycles. The molecule has 1 amide bonds. The number of hydrogen-bond donors (Lipinski definition) is 1. The number of amides is 1. The summed E-state index contributed by atoms with van der Waals surface area (Å²) in [4.78, 5) is 15.2. The van der Waals surface area contributed by atoms with E-state index in [1.165, 1.54) is 6.20 Å². The van der Waals surface area contributed by atoms with E-state index in [9.17, 15) is 4.79 Å². The van der Waals surface area contributed by atoms with Crippen molar-refractivity contribution in [3.05, 3.63) is 29.1 Å². The Labute approximate surface area is 90.8 Å². The number of aromatic nitrogens is 1. The van der Waals surface area contributed by atoms with E-state index in [0.717, 1.165) is 24.1 Å². The molecule has 2 rings (SSSR count). The third-order valence-electron chi connectivity index (χ3n) is 2.54. The number of rotatable bonds is 2. The minimum Gasteiger partial charge on any atom is -0.366 e. The molecule has 0 unspecified atom stereocenters. The molecule has 0 spiro atoms. The molecule has 2 N–H and O–H groups in total. The molecule has 1 fully saturated rings. The maximum Gasteiger partial charge on any atom is 0.250 e. The topological polar surface area (TPSA) is 56.0 Å². The first-order chi connectivity index (χ1) is 6.53. The Hall–Kier alpha value is -0.900. The zero-order valence-corrected chi connectivity index (χ0v) is 9.47. The van der Waals surface area contributed by atoms with Crippen molar-refractivity contribution in [2.24, 2.45) is 5.73 Å². The van der Waals surface area contributed by atoms with E-state index in [-0.39, 0.29) is 4.32 Å². The lowest BCUT2D eigenvalue weighted by Crippen LogP contribution is -2.13. The van der Waals surface area contributed by atoms with Crippen molar-refractivity contribution in [2.75, 3.05) is 0 Å². The molecule has 0 saturated heterocycles. The molecule has 3 nitrogen and oxygen atoms in total. The summed E-state index contributed by atoms with van der Waals surface area (Å²) in [5, 5.41) is 0. The summed E-state index contributed by atoms with van der Waals surface area (Å²) in [5.41, 5.74) is 7.74. The van der Waals surface area contributed by atoms with Crippen molar-refractivity contribution in [1.29, 1.82) is 0 Å². The van der Waals surface area contributed by atoms with Gasteiger partial charge in [-0.25, -0.2) is 0 Å². The second-order valence-electron chi connectivity index (χ2n) is 3.69. The molecule has 1 heterocycles. The number of nitrogens with zero attached hydrogens (tertiary/aromatic N) is 1. The number of halogens is 1. The predicted octanol–water partition coefficient (Wildman–Crippen LogP) is 1.87. The maximum absolute atomic E-state index is 11.0. The highest BCUT2D eigenvalue weighted by molar-refractivity contribution is 9.09. The first-order valence-electron chi connectivity index (χ1n) is 4.49. The Morgan fingerprint density at radius 3 is 2.79 bits per heavy atom. The Bertz CT molecular complexity index is 399. The van der Waals surface area contributed by atoms with Crippen LogP contribution in [0, 0.1) is 6.92 Å². The second-order valence-corrected chi connectivity index (χ2v) is 5.20. The number of carbonyl (C=O) groups is 1. The van der Waals surface area contributed by atoms with Crippen molar-refractivity contribution in [2.45, 2.75) is 24.1 Å². The van der Waals surface area contributed by atoms with E-state index in [0.29, 0.717) is 5.56 Å². The maximum atomic E-state index is 11.0. The van der Waals surface area contributed by atoms with Crippen LogP contribution in [-0.2, 0) is 4.32 Å². The van der Waals surface area contributed by atoms with Crippen molar-refractivity contribution < 1.29 is 4.79 Å². The Balaban J connectivity index is 2.48. The fourth-order valence-electron chi connectivity index (χ4n) is 1.50. The quantitative estimate of drug-likeness (QED) is 0.820. The van der Waals surface area contributed by atoms with Crippen LogP contribution in [-0.4, -0.2) is 10.9 Å². The average molecular weight is 255 g/mol. The van der Waals surface area contributed by atoms with Crippen LogP contribution in [0.5, 0.6) is 0 Å². The van der Waals surface area contributed by atoms with Gasteiger partial charge in [-0.15, -0.1) is 0 Å². The largest absolute Gasteiger partial charge is 0.366 e. The molecule has 1 aliphatic carbocycles. The van der Waals surface area contributed by atoms with Gasteiger partial charge in [-0.3, -0.25) is 9.78 Å². The summed E-state index contributed by atoms with van der Waals surface area (Å²) in [6, 6.07) is 1.84. The standard InChI is InChI=1S/C10H11BrN2O/c1-6-8(10(11)2-3-10)4-7(5-13-6)9(12)14/h4-5H,2-3H2,1H3,(H2,12,14). The van der Waals surface area contributed by atoms with Crippen LogP contribution in [0.4, 0.5) is 0 Å². The summed E-state index contributed by atoms with van der Waals surface area (Å²) >= 11 is 3.64. The van der Waals surface area contributed by atoms with Gasteiger partial charge in [-0.05, 0) is 31.4 Å². The lowest BCUT2D eigenvalue weighted by molar-refractivity contribution is 0.1000. The Morgan fingerprint density at radius 2 is 2.29 bits per heavy atom. The van der Waals surface area contributed by atoms with Gasteiger partial charge in [0.1, 0.15) is 0 Å². The smallest absolute Gasteiger partial charge is 0.250 e. The molecule has 74 valence electrons. The average Bonchev–Trinajstić information content (AvgIpc) is 2.85. The zero-order valence-electron chi connectivity index (χ0n) is 7.88. The number of nitrogens with two attached hydrogens (primary N) is 1. The van der Waals surface area contributed by atoms with E-state index in [2.05, 4.69) is 20.9 Å². The molecule has 1 aromatic heterocycles. The molecule has 1 aliphatic rings. The summed E-state index contributed by atoms with van der Waals surface area (Å²) in [7, 11) is 0. The van der Waals surface area contributed by atoms with Gasteiger partial charge in [0.2, 0.25) is 5.91 Å². The highest BCUT2D eigenvalue weighted by Gasteiger charge is 2.43. The fourth-order valence-corrected chi connectivity index (χ4v) is 2.10. The minimum absolute atomic E-state index is 0.0511. The minimum atomic E-state index is -0.421. The molecule has 0 radical (unpaired) electrons. The van der Waals surface area contributed by atoms with Gasteiger partial charge in [-0.2, -0.15) is 0 Å². The van der Waals surface area contributed by atoms with Gasteiger partial charge < -0.3 is 5.73 Å². The molecule has 0 aliphatic heterocycles. The van der Waals surface area contributed by atoms with E-state index >= 15 is 0 Å². The summed E-state index contributed by atoms with van der Waals surface area (Å²) in [5.74, 6) is -0.421. The van der Waals surface area contributed by atoms with Crippen molar-refractivity contribution in [3.8, 4) is 0 Å². The van der Waals surface area contributed by atoms with Crippen LogP contribution >= 0.6 is 15.9 Å². The number of hydrogen-bond acceptors (Lipinski definition) is 2. The Kier molecular flexibility index (Phi) is 2.10. The van der Waals surface area contributed by atoms with Gasteiger partial charge in [0.15, 0.2) is 0 Å². The fraction of sp³-hybridized carbons (Fsp3) is 0.400. The monoisotopic (exact) mass is 254 g/mol. The van der Waals surface area contributed by atoms with E-state index in [4.69, 9.17) is 5.73 Å². The van der Waals surface area contributed by atoms with Gasteiger partial charge in [0, 0.05) is 11.9 Å². The van der Waals surface area contributed by atoms with Crippen LogP contribution < -0.4 is 5.73 Å². The van der Waals surface area contributed by atoms with Crippen LogP contribution in [0.2, 0.25) is 0 Å². The highest BCUT2D eigenvalue weighted by atomic mass is 79.9. The van der Waals surface area contributed by atoms with Gasteiger partial charge in [-0.1, -0.05) is 15.9 Å². The molecule has 4 heteroatoms. The van der Waals surface area contributed by atoms with Crippen LogP contribution in [0.15, 0.2) is 12.3 Å². The van der Waals surface area contributed by atoms with E-state index in [1.54, 1.807) is 0 Å². The van der Waals surface area contributed by atoms with E-state index < -0.39 is 5.91 Å². The highest BCUT2D eigenvalue weighted by Crippen LogP contribution is 2.54. The summed E-state index contributed by atoms with van der Waals surface area (Å²) in [6.07, 6.45) is 3.72. The molecular formula is C10H11BrN2O. The molecule has 0 bridgehead atoms. The van der Waals surface area contributed by atoms with Crippen molar-refractivity contribution in [3.63, 3.8) is 0 Å². The lowest BCUT2D eigenvalue weighted by Gasteiger charge is -2.10. The molecule has 0 atom stereocenters. The van der Waals surface area contributed by atoms with Crippen LogP contribution in [0.25, 0.3) is 0 Å². The Morgan fingerprint density at radius 1 is 1.64 bits per heavy atom. The molecule has 14 heavy (non-hydrogen) atoms. The number of primary amides is 1. The van der Waals surface area contributed by atoms with Crippen molar-refractivity contribution >= 4 is 21.8 Å². The number of alkyl halides is 1. The number of pyridine rings is 1.